The predicted octanol–water partition coefficient (Wildman–Crippen LogP) is 1.28. The molecule has 0 atom stereocenters. The highest BCUT2D eigenvalue weighted by Crippen LogP contribution is 2.38. The second-order valence-corrected chi connectivity index (χ2v) is 3.92. The van der Waals surface area contributed by atoms with E-state index < -0.39 is 0 Å². The molecule has 2 nitrogen and oxygen atoms in total. The summed E-state index contributed by atoms with van der Waals surface area (Å²) in [5, 5.41) is 0. The van der Waals surface area contributed by atoms with Crippen LogP contribution in [0, 0.1) is 12.5 Å². The Morgan fingerprint density at radius 1 is 1.18 bits per heavy atom. The highest BCUT2D eigenvalue weighted by atomic mass is 16.5. The van der Waals surface area contributed by atoms with Crippen LogP contribution in [-0.4, -0.2) is 31.2 Å². The Morgan fingerprint density at radius 2 is 1.91 bits per heavy atom. The minimum atomic E-state index is 0.550. The average Bonchev–Trinajstić information content (AvgIpc) is 2.45. The van der Waals surface area contributed by atoms with Gasteiger partial charge in [-0.15, -0.1) is 0 Å². The van der Waals surface area contributed by atoms with Gasteiger partial charge in [0, 0.05) is 6.61 Å². The molecule has 1 spiro atoms. The summed E-state index contributed by atoms with van der Waals surface area (Å²) in [5.74, 6) is 0. The molecule has 11 heavy (non-hydrogen) atoms. The second-order valence-electron chi connectivity index (χ2n) is 3.92. The van der Waals surface area contributed by atoms with Gasteiger partial charge < -0.3 is 9.64 Å². The Morgan fingerprint density at radius 3 is 2.45 bits per heavy atom. The number of hydrogen-bond acceptors (Lipinski definition) is 2. The van der Waals surface area contributed by atoms with Crippen molar-refractivity contribution in [3.8, 4) is 0 Å². The summed E-state index contributed by atoms with van der Waals surface area (Å²) < 4.78 is 5.43. The summed E-state index contributed by atoms with van der Waals surface area (Å²) in [4.78, 5) is 2.17. The SMILES string of the molecule is [CH2-]N1CCC2(CCOC2)CC1. The van der Waals surface area contributed by atoms with Gasteiger partial charge in [0.2, 0.25) is 0 Å². The van der Waals surface area contributed by atoms with Gasteiger partial charge in [-0.2, -0.15) is 0 Å². The van der Waals surface area contributed by atoms with Crippen LogP contribution in [0.4, 0.5) is 0 Å². The lowest BCUT2D eigenvalue weighted by Crippen LogP contribution is -2.37. The highest BCUT2D eigenvalue weighted by molar-refractivity contribution is 4.88. The van der Waals surface area contributed by atoms with Crippen LogP contribution in [0.1, 0.15) is 19.3 Å². The number of likely N-dealkylation sites (tertiary alicyclic amines) is 1. The van der Waals surface area contributed by atoms with Crippen molar-refractivity contribution < 1.29 is 4.74 Å². The quantitative estimate of drug-likeness (QED) is 0.487. The van der Waals surface area contributed by atoms with Gasteiger partial charge in [0.15, 0.2) is 0 Å². The van der Waals surface area contributed by atoms with E-state index >= 15 is 0 Å². The molecule has 0 amide bonds. The molecule has 0 unspecified atom stereocenters. The Kier molecular flexibility index (Phi) is 1.90. The number of rotatable bonds is 0. The standard InChI is InChI=1S/C9H16NO/c1-10-5-2-9(3-6-10)4-7-11-8-9/h1-8H2/q-1. The normalized spacial score (nSPS) is 31.4. The lowest BCUT2D eigenvalue weighted by atomic mass is 9.78. The zero-order valence-corrected chi connectivity index (χ0v) is 7.01. The Balaban J connectivity index is 1.94. The summed E-state index contributed by atoms with van der Waals surface area (Å²) in [6.07, 6.45) is 3.86. The third-order valence-electron chi connectivity index (χ3n) is 3.10. The van der Waals surface area contributed by atoms with Crippen molar-refractivity contribution in [2.24, 2.45) is 5.41 Å². The number of ether oxygens (including phenoxy) is 1. The van der Waals surface area contributed by atoms with Crippen molar-refractivity contribution in [1.82, 2.24) is 4.90 Å². The molecule has 0 N–H and O–H groups in total. The van der Waals surface area contributed by atoms with Crippen molar-refractivity contribution in [2.45, 2.75) is 19.3 Å². The van der Waals surface area contributed by atoms with E-state index in [4.69, 9.17) is 4.74 Å². The van der Waals surface area contributed by atoms with Crippen LogP contribution in [-0.2, 0) is 4.74 Å². The van der Waals surface area contributed by atoms with Gasteiger partial charge in [0.25, 0.3) is 0 Å². The number of piperidine rings is 1. The molecule has 0 aliphatic carbocycles. The molecule has 2 saturated heterocycles. The van der Waals surface area contributed by atoms with Crippen LogP contribution in [0.5, 0.6) is 0 Å². The van der Waals surface area contributed by atoms with Crippen LogP contribution in [0.15, 0.2) is 0 Å². The molecule has 2 fully saturated rings. The fourth-order valence-electron chi connectivity index (χ4n) is 2.07. The summed E-state index contributed by atoms with van der Waals surface area (Å²) in [5.41, 5.74) is 0.550. The molecule has 2 rings (SSSR count). The first-order chi connectivity index (χ1) is 5.31. The number of nitrogens with zero attached hydrogens (tertiary/aromatic N) is 1. The number of hydrogen-bond donors (Lipinski definition) is 0. The van der Waals surface area contributed by atoms with Crippen molar-refractivity contribution in [2.75, 3.05) is 26.3 Å². The van der Waals surface area contributed by atoms with Crippen LogP contribution >= 0.6 is 0 Å². The van der Waals surface area contributed by atoms with Crippen LogP contribution in [0.2, 0.25) is 0 Å². The van der Waals surface area contributed by atoms with Crippen LogP contribution in [0.3, 0.4) is 0 Å². The van der Waals surface area contributed by atoms with E-state index in [0.717, 1.165) is 26.3 Å². The first-order valence-corrected chi connectivity index (χ1v) is 4.44. The van der Waals surface area contributed by atoms with E-state index in [9.17, 15) is 0 Å². The first kappa shape index (κ1) is 7.56. The Hall–Kier alpha value is -0.0800. The van der Waals surface area contributed by atoms with Crippen molar-refractivity contribution in [3.05, 3.63) is 7.05 Å². The molecule has 2 heteroatoms. The largest absolute Gasteiger partial charge is 0.459 e. The zero-order valence-electron chi connectivity index (χ0n) is 7.01. The van der Waals surface area contributed by atoms with Crippen LogP contribution in [0.25, 0.3) is 0 Å². The van der Waals surface area contributed by atoms with Gasteiger partial charge in [-0.1, -0.05) is 0 Å². The lowest BCUT2D eigenvalue weighted by Gasteiger charge is -2.40. The maximum atomic E-state index is 5.43. The maximum absolute atomic E-state index is 5.43. The Labute approximate surface area is 68.5 Å². The van der Waals surface area contributed by atoms with E-state index in [1.54, 1.807) is 0 Å². The molecule has 64 valence electrons. The van der Waals surface area contributed by atoms with E-state index in [-0.39, 0.29) is 0 Å². The summed E-state index contributed by atoms with van der Waals surface area (Å²) in [6, 6.07) is 0. The average molecular weight is 154 g/mol. The maximum Gasteiger partial charge on any atom is 0.0524 e. The molecule has 0 aromatic rings. The van der Waals surface area contributed by atoms with Crippen molar-refractivity contribution >= 4 is 0 Å². The van der Waals surface area contributed by atoms with Crippen molar-refractivity contribution in [1.29, 1.82) is 0 Å². The minimum absolute atomic E-state index is 0.550. The lowest BCUT2D eigenvalue weighted by molar-refractivity contribution is 0.0983. The summed E-state index contributed by atoms with van der Waals surface area (Å²) >= 11 is 0. The van der Waals surface area contributed by atoms with Gasteiger partial charge in [0.1, 0.15) is 0 Å². The van der Waals surface area contributed by atoms with Gasteiger partial charge in [-0.3, -0.25) is 7.05 Å². The smallest absolute Gasteiger partial charge is 0.0524 e. The van der Waals surface area contributed by atoms with Gasteiger partial charge in [-0.25, -0.2) is 0 Å². The summed E-state index contributed by atoms with van der Waals surface area (Å²) in [6.45, 7) is 4.30. The topological polar surface area (TPSA) is 12.5 Å². The third-order valence-corrected chi connectivity index (χ3v) is 3.10. The van der Waals surface area contributed by atoms with Gasteiger partial charge in [-0.05, 0) is 37.8 Å². The van der Waals surface area contributed by atoms with E-state index in [1.807, 2.05) is 0 Å². The van der Waals surface area contributed by atoms with Gasteiger partial charge >= 0.3 is 0 Å². The molecular weight excluding hydrogens is 138 g/mol. The van der Waals surface area contributed by atoms with E-state index in [0.29, 0.717) is 5.41 Å². The molecule has 0 saturated carbocycles. The highest BCUT2D eigenvalue weighted by Gasteiger charge is 2.35. The molecule has 0 radical (unpaired) electrons. The third kappa shape index (κ3) is 1.42. The fraction of sp³-hybridized carbons (Fsp3) is 0.889. The first-order valence-electron chi connectivity index (χ1n) is 4.44. The van der Waals surface area contributed by atoms with Crippen LogP contribution < -0.4 is 0 Å². The molecular formula is C9H16NO-. The summed E-state index contributed by atoms with van der Waals surface area (Å²) in [7, 11) is 3.94. The molecule has 0 aromatic carbocycles. The zero-order chi connectivity index (χ0) is 7.73. The molecule has 2 aliphatic rings. The van der Waals surface area contributed by atoms with E-state index in [1.165, 1.54) is 19.3 Å². The Bertz CT molecular complexity index is 130. The molecule has 0 bridgehead atoms. The molecule has 2 aliphatic heterocycles. The van der Waals surface area contributed by atoms with Gasteiger partial charge in [0.05, 0.1) is 6.61 Å². The second kappa shape index (κ2) is 2.76. The minimum Gasteiger partial charge on any atom is -0.459 e. The molecule has 0 aromatic heterocycles. The monoisotopic (exact) mass is 154 g/mol. The van der Waals surface area contributed by atoms with Crippen molar-refractivity contribution in [3.63, 3.8) is 0 Å². The fourth-order valence-corrected chi connectivity index (χ4v) is 2.07. The van der Waals surface area contributed by atoms with E-state index in [2.05, 4.69) is 11.9 Å². The molecule has 2 heterocycles. The predicted molar refractivity (Wildman–Crippen MR) is 44.0 cm³/mol.